The lowest BCUT2D eigenvalue weighted by atomic mass is 10.1. The van der Waals surface area contributed by atoms with Gasteiger partial charge in [0.2, 0.25) is 0 Å². The molecule has 0 rings (SSSR count). The van der Waals surface area contributed by atoms with Crippen LogP contribution >= 0.6 is 0 Å². The summed E-state index contributed by atoms with van der Waals surface area (Å²) in [6.45, 7) is 5.31. The maximum atomic E-state index is 10.2. The van der Waals surface area contributed by atoms with E-state index in [2.05, 4.69) is 0 Å². The van der Waals surface area contributed by atoms with Gasteiger partial charge in [0.15, 0.2) is 0 Å². The second-order valence-corrected chi connectivity index (χ2v) is 2.21. The fourth-order valence-electron chi connectivity index (χ4n) is 0.495. The Bertz CT molecular complexity index is 134. The van der Waals surface area contributed by atoms with Crippen LogP contribution in [-0.4, -0.2) is 11.1 Å². The van der Waals surface area contributed by atoms with E-state index in [1.807, 2.05) is 13.8 Å². The SMILES string of the molecule is C[C](C)C=C(C)C(=O)O. The average Bonchev–Trinajstić information content (AvgIpc) is 1.63. The highest BCUT2D eigenvalue weighted by Gasteiger charge is 1.99. The lowest BCUT2D eigenvalue weighted by Gasteiger charge is -1.94. The van der Waals surface area contributed by atoms with Crippen molar-refractivity contribution in [1.29, 1.82) is 0 Å². The van der Waals surface area contributed by atoms with Crippen LogP contribution in [-0.2, 0) is 4.79 Å². The molecule has 0 aromatic heterocycles. The summed E-state index contributed by atoms with van der Waals surface area (Å²) < 4.78 is 0. The van der Waals surface area contributed by atoms with Crippen LogP contribution in [0.3, 0.4) is 0 Å². The summed E-state index contributed by atoms with van der Waals surface area (Å²) in [5.74, 6) is 0.158. The molecule has 1 radical (unpaired) electrons. The molecular weight excluding hydrogens is 116 g/mol. The van der Waals surface area contributed by atoms with Crippen molar-refractivity contribution in [1.82, 2.24) is 0 Å². The molecule has 0 unspecified atom stereocenters. The number of carboxylic acids is 1. The number of hydrogen-bond donors (Lipinski definition) is 1. The van der Waals surface area contributed by atoms with E-state index < -0.39 is 5.97 Å². The van der Waals surface area contributed by atoms with Crippen molar-refractivity contribution in [3.8, 4) is 0 Å². The first-order valence-corrected chi connectivity index (χ1v) is 2.76. The van der Waals surface area contributed by atoms with Gasteiger partial charge in [0.1, 0.15) is 0 Å². The van der Waals surface area contributed by atoms with Crippen molar-refractivity contribution < 1.29 is 9.90 Å². The van der Waals surface area contributed by atoms with Gasteiger partial charge in [0.25, 0.3) is 0 Å². The lowest BCUT2D eigenvalue weighted by molar-refractivity contribution is -0.132. The van der Waals surface area contributed by atoms with Gasteiger partial charge in [-0.3, -0.25) is 0 Å². The van der Waals surface area contributed by atoms with Crippen molar-refractivity contribution in [3.05, 3.63) is 17.6 Å². The maximum Gasteiger partial charge on any atom is 0.330 e. The van der Waals surface area contributed by atoms with E-state index in [0.29, 0.717) is 5.57 Å². The van der Waals surface area contributed by atoms with Crippen molar-refractivity contribution in [3.63, 3.8) is 0 Å². The number of hydrogen-bond acceptors (Lipinski definition) is 1. The van der Waals surface area contributed by atoms with Crippen molar-refractivity contribution in [2.45, 2.75) is 20.8 Å². The van der Waals surface area contributed by atoms with Gasteiger partial charge in [-0.2, -0.15) is 0 Å². The minimum Gasteiger partial charge on any atom is -0.478 e. The molecule has 0 aliphatic rings. The third kappa shape index (κ3) is 3.76. The van der Waals surface area contributed by atoms with Gasteiger partial charge >= 0.3 is 5.97 Å². The van der Waals surface area contributed by atoms with E-state index in [4.69, 9.17) is 5.11 Å². The van der Waals surface area contributed by atoms with E-state index in [1.165, 1.54) is 0 Å². The topological polar surface area (TPSA) is 37.3 Å². The third-order valence-corrected chi connectivity index (χ3v) is 0.843. The van der Waals surface area contributed by atoms with E-state index >= 15 is 0 Å². The molecule has 0 aliphatic heterocycles. The largest absolute Gasteiger partial charge is 0.478 e. The van der Waals surface area contributed by atoms with Crippen LogP contribution in [0.4, 0.5) is 0 Å². The van der Waals surface area contributed by atoms with E-state index in [1.54, 1.807) is 13.0 Å². The standard InChI is InChI=1S/C7H11O2/c1-5(2)4-6(3)7(8)9/h4H,1-3H3,(H,8,9). The Morgan fingerprint density at radius 3 is 1.89 bits per heavy atom. The predicted octanol–water partition coefficient (Wildman–Crippen LogP) is 1.63. The predicted molar refractivity (Wildman–Crippen MR) is 36.0 cm³/mol. The molecule has 0 aromatic carbocycles. The van der Waals surface area contributed by atoms with Crippen molar-refractivity contribution >= 4 is 5.97 Å². The van der Waals surface area contributed by atoms with Crippen LogP contribution in [0.2, 0.25) is 0 Å². The van der Waals surface area contributed by atoms with Gasteiger partial charge in [-0.25, -0.2) is 4.79 Å². The molecule has 0 atom stereocenters. The van der Waals surface area contributed by atoms with Gasteiger partial charge in [0, 0.05) is 5.57 Å². The fraction of sp³-hybridized carbons (Fsp3) is 0.429. The second kappa shape index (κ2) is 3.28. The molecule has 0 spiro atoms. The Morgan fingerprint density at radius 1 is 1.33 bits per heavy atom. The van der Waals surface area contributed by atoms with Crippen molar-refractivity contribution in [2.24, 2.45) is 0 Å². The Morgan fingerprint density at radius 2 is 1.78 bits per heavy atom. The van der Waals surface area contributed by atoms with Gasteiger partial charge < -0.3 is 5.11 Å². The number of rotatable bonds is 2. The fourth-order valence-corrected chi connectivity index (χ4v) is 0.495. The Labute approximate surface area is 55.2 Å². The van der Waals surface area contributed by atoms with Crippen molar-refractivity contribution in [2.75, 3.05) is 0 Å². The Balaban J connectivity index is 4.00. The Kier molecular flexibility index (Phi) is 2.99. The number of carbonyl (C=O) groups is 1. The van der Waals surface area contributed by atoms with Crippen LogP contribution in [0.15, 0.2) is 11.6 Å². The van der Waals surface area contributed by atoms with Crippen LogP contribution in [0.25, 0.3) is 0 Å². The molecule has 2 heteroatoms. The molecule has 0 amide bonds. The zero-order chi connectivity index (χ0) is 7.44. The van der Waals surface area contributed by atoms with E-state index in [0.717, 1.165) is 5.92 Å². The van der Waals surface area contributed by atoms with E-state index in [9.17, 15) is 4.79 Å². The lowest BCUT2D eigenvalue weighted by Crippen LogP contribution is -1.96. The molecule has 51 valence electrons. The maximum absolute atomic E-state index is 10.2. The first kappa shape index (κ1) is 8.21. The number of allylic oxidation sites excluding steroid dienone is 1. The van der Waals surface area contributed by atoms with Gasteiger partial charge in [-0.15, -0.1) is 0 Å². The molecule has 0 heterocycles. The summed E-state index contributed by atoms with van der Waals surface area (Å²) in [7, 11) is 0. The summed E-state index contributed by atoms with van der Waals surface area (Å²) in [5, 5.41) is 8.35. The molecule has 0 aromatic rings. The average molecular weight is 127 g/mol. The summed E-state index contributed by atoms with van der Waals surface area (Å²) >= 11 is 0. The van der Waals surface area contributed by atoms with Crippen LogP contribution < -0.4 is 0 Å². The quantitative estimate of drug-likeness (QED) is 0.572. The minimum absolute atomic E-state index is 0.384. The zero-order valence-corrected chi connectivity index (χ0v) is 5.93. The normalized spacial score (nSPS) is 12.2. The van der Waals surface area contributed by atoms with Gasteiger partial charge in [0.05, 0.1) is 0 Å². The molecule has 9 heavy (non-hydrogen) atoms. The summed E-state index contributed by atoms with van der Waals surface area (Å²) in [6.07, 6.45) is 1.64. The van der Waals surface area contributed by atoms with E-state index in [-0.39, 0.29) is 0 Å². The molecule has 2 nitrogen and oxygen atoms in total. The summed E-state index contributed by atoms with van der Waals surface area (Å²) in [6, 6.07) is 0. The summed E-state index contributed by atoms with van der Waals surface area (Å²) in [4.78, 5) is 10.2. The first-order valence-electron chi connectivity index (χ1n) is 2.76. The van der Waals surface area contributed by atoms with Gasteiger partial charge in [-0.05, 0) is 12.8 Å². The molecule has 0 saturated heterocycles. The highest BCUT2D eigenvalue weighted by Crippen LogP contribution is 2.02. The smallest absolute Gasteiger partial charge is 0.330 e. The molecule has 0 aliphatic carbocycles. The number of aliphatic carboxylic acids is 1. The van der Waals surface area contributed by atoms with Crippen LogP contribution in [0, 0.1) is 5.92 Å². The monoisotopic (exact) mass is 127 g/mol. The minimum atomic E-state index is -0.851. The third-order valence-electron chi connectivity index (χ3n) is 0.843. The molecule has 0 fully saturated rings. The summed E-state index contributed by atoms with van der Waals surface area (Å²) in [5.41, 5.74) is 0.384. The number of carboxylic acid groups (broad SMARTS) is 1. The highest BCUT2D eigenvalue weighted by atomic mass is 16.4. The molecular formula is C7H11O2. The van der Waals surface area contributed by atoms with Gasteiger partial charge in [-0.1, -0.05) is 19.9 Å². The highest BCUT2D eigenvalue weighted by molar-refractivity contribution is 5.86. The van der Waals surface area contributed by atoms with Crippen LogP contribution in [0.1, 0.15) is 20.8 Å². The molecule has 0 bridgehead atoms. The van der Waals surface area contributed by atoms with Crippen LogP contribution in [0.5, 0.6) is 0 Å². The molecule has 1 N–H and O–H groups in total. The molecule has 0 saturated carbocycles. The Hall–Kier alpha value is -0.790. The zero-order valence-electron chi connectivity index (χ0n) is 5.93. The first-order chi connectivity index (χ1) is 4.04. The second-order valence-electron chi connectivity index (χ2n) is 2.21.